The summed E-state index contributed by atoms with van der Waals surface area (Å²) in [6.45, 7) is 0.543. The van der Waals surface area contributed by atoms with Crippen LogP contribution in [0.1, 0.15) is 22.3 Å². The molecule has 1 N–H and O–H groups in total. The molecule has 2 heteroatoms. The van der Waals surface area contributed by atoms with E-state index < -0.39 is 5.54 Å². The van der Waals surface area contributed by atoms with Crippen molar-refractivity contribution in [2.24, 2.45) is 0 Å². The molecule has 1 heterocycles. The molecule has 0 aromatic heterocycles. The molecule has 0 saturated carbocycles. The van der Waals surface area contributed by atoms with Crippen molar-refractivity contribution < 1.29 is 4.74 Å². The molecule has 1 spiro atoms. The van der Waals surface area contributed by atoms with E-state index in [1.165, 1.54) is 33.4 Å². The second kappa shape index (κ2) is 6.64. The fourth-order valence-corrected chi connectivity index (χ4v) is 4.88. The van der Waals surface area contributed by atoms with Crippen molar-refractivity contribution in [1.29, 1.82) is 0 Å². The van der Waals surface area contributed by atoms with E-state index in [4.69, 9.17) is 4.74 Å². The highest BCUT2D eigenvalue weighted by molar-refractivity contribution is 6.08. The maximum Gasteiger partial charge on any atom is 0.142 e. The van der Waals surface area contributed by atoms with Crippen LogP contribution in [0.5, 0.6) is 5.75 Å². The van der Waals surface area contributed by atoms with Gasteiger partial charge in [0.2, 0.25) is 0 Å². The summed E-state index contributed by atoms with van der Waals surface area (Å²) in [5.74, 6) is 0.904. The lowest BCUT2D eigenvalue weighted by Crippen LogP contribution is -2.44. The van der Waals surface area contributed by atoms with Crippen LogP contribution in [0, 0.1) is 0 Å². The summed E-state index contributed by atoms with van der Waals surface area (Å²) in [5, 5.41) is 3.89. The highest BCUT2D eigenvalue weighted by Gasteiger charge is 2.48. The monoisotopic (exact) mass is 387 g/mol. The van der Waals surface area contributed by atoms with E-state index >= 15 is 0 Å². The van der Waals surface area contributed by atoms with E-state index in [0.717, 1.165) is 11.4 Å². The number of hydrogen-bond donors (Lipinski definition) is 1. The number of anilines is 1. The minimum Gasteiger partial charge on any atom is -0.488 e. The quantitative estimate of drug-likeness (QED) is 0.432. The Morgan fingerprint density at radius 1 is 0.633 bits per heavy atom. The first-order valence-corrected chi connectivity index (χ1v) is 10.3. The molecule has 4 aromatic carbocycles. The number of rotatable bonds is 2. The van der Waals surface area contributed by atoms with Crippen molar-refractivity contribution in [3.05, 3.63) is 131 Å². The van der Waals surface area contributed by atoms with Crippen LogP contribution >= 0.6 is 0 Å². The fourth-order valence-electron chi connectivity index (χ4n) is 4.88. The SMILES string of the molecule is c1ccc(C2=C(c3ccccc3)C3(COc4ccccc4N3)c3ccccc32)cc1. The molecule has 0 saturated heterocycles. The van der Waals surface area contributed by atoms with Crippen LogP contribution in [0.3, 0.4) is 0 Å². The second-order valence-corrected chi connectivity index (χ2v) is 7.84. The molecule has 30 heavy (non-hydrogen) atoms. The Bertz CT molecular complexity index is 1260. The summed E-state index contributed by atoms with van der Waals surface area (Å²) in [6, 6.07) is 38.3. The Hall–Kier alpha value is -3.78. The lowest BCUT2D eigenvalue weighted by Gasteiger charge is -2.40. The number of fused-ring (bicyclic) bond motifs is 3. The number of hydrogen-bond acceptors (Lipinski definition) is 2. The van der Waals surface area contributed by atoms with E-state index in [1.807, 2.05) is 12.1 Å². The zero-order chi connectivity index (χ0) is 20.0. The largest absolute Gasteiger partial charge is 0.488 e. The lowest BCUT2D eigenvalue weighted by atomic mass is 9.81. The van der Waals surface area contributed by atoms with Crippen LogP contribution < -0.4 is 10.1 Å². The molecular formula is C28H21NO. The van der Waals surface area contributed by atoms with Gasteiger partial charge in [0.25, 0.3) is 0 Å². The van der Waals surface area contributed by atoms with E-state index in [0.29, 0.717) is 6.61 Å². The van der Waals surface area contributed by atoms with Gasteiger partial charge in [-0.25, -0.2) is 0 Å². The van der Waals surface area contributed by atoms with Gasteiger partial charge >= 0.3 is 0 Å². The third kappa shape index (κ3) is 2.44. The molecule has 2 nitrogen and oxygen atoms in total. The molecule has 4 aromatic rings. The number of para-hydroxylation sites is 2. The zero-order valence-electron chi connectivity index (χ0n) is 16.5. The first kappa shape index (κ1) is 17.1. The van der Waals surface area contributed by atoms with Gasteiger partial charge in [-0.2, -0.15) is 0 Å². The Morgan fingerprint density at radius 2 is 1.27 bits per heavy atom. The third-order valence-electron chi connectivity index (χ3n) is 6.14. The average Bonchev–Trinajstić information content (AvgIpc) is 3.10. The fraction of sp³-hybridized carbons (Fsp3) is 0.0714. The van der Waals surface area contributed by atoms with E-state index in [2.05, 4.69) is 102 Å². The van der Waals surface area contributed by atoms with Crippen LogP contribution in [0.25, 0.3) is 11.1 Å². The van der Waals surface area contributed by atoms with Gasteiger partial charge < -0.3 is 10.1 Å². The van der Waals surface area contributed by atoms with Crippen molar-refractivity contribution in [2.45, 2.75) is 5.54 Å². The maximum atomic E-state index is 6.36. The van der Waals surface area contributed by atoms with E-state index in [9.17, 15) is 0 Å². The smallest absolute Gasteiger partial charge is 0.142 e. The summed E-state index contributed by atoms with van der Waals surface area (Å²) in [4.78, 5) is 0. The van der Waals surface area contributed by atoms with Crippen molar-refractivity contribution in [3.63, 3.8) is 0 Å². The standard InChI is InChI=1S/C28H21NO/c1-3-11-20(12-4-1)26-22-15-7-8-16-23(22)28(27(26)21-13-5-2-6-14-21)19-30-25-18-10-9-17-24(25)29-28/h1-18,29H,19H2. The summed E-state index contributed by atoms with van der Waals surface area (Å²) in [5.41, 5.74) is 8.08. The van der Waals surface area contributed by atoms with Crippen LogP contribution in [0.4, 0.5) is 5.69 Å². The predicted molar refractivity (Wildman–Crippen MR) is 122 cm³/mol. The molecule has 1 unspecified atom stereocenters. The Kier molecular flexibility index (Phi) is 3.78. The maximum absolute atomic E-state index is 6.36. The predicted octanol–water partition coefficient (Wildman–Crippen LogP) is 6.36. The minimum absolute atomic E-state index is 0.447. The topological polar surface area (TPSA) is 21.3 Å². The zero-order valence-corrected chi connectivity index (χ0v) is 16.5. The van der Waals surface area contributed by atoms with Gasteiger partial charge in [0.1, 0.15) is 17.9 Å². The summed E-state index contributed by atoms with van der Waals surface area (Å²) in [6.07, 6.45) is 0. The van der Waals surface area contributed by atoms with Gasteiger partial charge in [0.05, 0.1) is 5.69 Å². The summed E-state index contributed by atoms with van der Waals surface area (Å²) < 4.78 is 6.36. The molecule has 0 fully saturated rings. The van der Waals surface area contributed by atoms with Gasteiger partial charge in [0, 0.05) is 5.57 Å². The molecule has 1 atom stereocenters. The van der Waals surface area contributed by atoms with Crippen LogP contribution in [0.2, 0.25) is 0 Å². The highest BCUT2D eigenvalue weighted by atomic mass is 16.5. The number of ether oxygens (including phenoxy) is 1. The van der Waals surface area contributed by atoms with Crippen LogP contribution in [-0.2, 0) is 5.54 Å². The highest BCUT2D eigenvalue weighted by Crippen LogP contribution is 2.55. The van der Waals surface area contributed by atoms with Gasteiger partial charge in [-0.05, 0) is 40.0 Å². The van der Waals surface area contributed by atoms with Gasteiger partial charge in [-0.15, -0.1) is 0 Å². The van der Waals surface area contributed by atoms with E-state index in [1.54, 1.807) is 0 Å². The molecule has 0 bridgehead atoms. The number of benzene rings is 4. The Balaban J connectivity index is 1.69. The van der Waals surface area contributed by atoms with Crippen molar-refractivity contribution in [1.82, 2.24) is 0 Å². The first-order valence-electron chi connectivity index (χ1n) is 10.3. The summed E-state index contributed by atoms with van der Waals surface area (Å²) >= 11 is 0. The van der Waals surface area contributed by atoms with Crippen LogP contribution in [-0.4, -0.2) is 6.61 Å². The van der Waals surface area contributed by atoms with Crippen molar-refractivity contribution in [3.8, 4) is 5.75 Å². The molecule has 6 rings (SSSR count). The molecular weight excluding hydrogens is 366 g/mol. The number of nitrogens with one attached hydrogen (secondary N) is 1. The molecule has 0 amide bonds. The van der Waals surface area contributed by atoms with Crippen LogP contribution in [0.15, 0.2) is 109 Å². The van der Waals surface area contributed by atoms with Gasteiger partial charge in [-0.3, -0.25) is 0 Å². The molecule has 1 aliphatic heterocycles. The summed E-state index contributed by atoms with van der Waals surface area (Å²) in [7, 11) is 0. The lowest BCUT2D eigenvalue weighted by molar-refractivity contribution is 0.256. The molecule has 2 aliphatic rings. The second-order valence-electron chi connectivity index (χ2n) is 7.84. The first-order chi connectivity index (χ1) is 14.9. The van der Waals surface area contributed by atoms with Gasteiger partial charge in [0.15, 0.2) is 0 Å². The Morgan fingerprint density at radius 3 is 2.07 bits per heavy atom. The molecule has 1 aliphatic carbocycles. The van der Waals surface area contributed by atoms with Gasteiger partial charge in [-0.1, -0.05) is 97.1 Å². The normalized spacial score (nSPS) is 19.1. The van der Waals surface area contributed by atoms with Crippen molar-refractivity contribution in [2.75, 3.05) is 11.9 Å². The van der Waals surface area contributed by atoms with E-state index in [-0.39, 0.29) is 0 Å². The average molecular weight is 387 g/mol. The molecule has 144 valence electrons. The minimum atomic E-state index is -0.447. The Labute approximate surface area is 176 Å². The van der Waals surface area contributed by atoms with Crippen molar-refractivity contribution >= 4 is 16.8 Å². The molecule has 0 radical (unpaired) electrons. The third-order valence-corrected chi connectivity index (χ3v) is 6.14.